The van der Waals surface area contributed by atoms with Crippen molar-refractivity contribution >= 4 is 15.9 Å². The highest BCUT2D eigenvalue weighted by Crippen LogP contribution is 2.29. The zero-order chi connectivity index (χ0) is 15.8. The molecule has 2 rings (SSSR count). The number of aromatic nitrogens is 1. The molecule has 1 amide bonds. The normalized spacial score (nSPS) is 24.1. The Kier molecular flexibility index (Phi) is 4.40. The second kappa shape index (κ2) is 5.78. The summed E-state index contributed by atoms with van der Waals surface area (Å²) in [5, 5.41) is 0. The van der Waals surface area contributed by atoms with Crippen molar-refractivity contribution in [1.82, 2.24) is 8.87 Å². The largest absolute Gasteiger partial charge is 0.364 e. The van der Waals surface area contributed by atoms with Crippen LogP contribution in [0.15, 0.2) is 17.2 Å². The van der Waals surface area contributed by atoms with Crippen molar-refractivity contribution in [3.63, 3.8) is 0 Å². The molecule has 7 nitrogen and oxygen atoms in total. The van der Waals surface area contributed by atoms with Gasteiger partial charge in [0.25, 0.3) is 5.91 Å². The molecule has 8 heteroatoms. The van der Waals surface area contributed by atoms with Gasteiger partial charge in [0.05, 0.1) is 0 Å². The lowest BCUT2D eigenvalue weighted by atomic mass is 10.00. The Morgan fingerprint density at radius 3 is 2.62 bits per heavy atom. The van der Waals surface area contributed by atoms with E-state index in [0.29, 0.717) is 6.54 Å². The first kappa shape index (κ1) is 16.0. The smallest absolute Gasteiger partial charge is 0.265 e. The second-order valence-corrected chi connectivity index (χ2v) is 7.38. The molecule has 1 aliphatic rings. The van der Waals surface area contributed by atoms with Gasteiger partial charge in [-0.3, -0.25) is 4.79 Å². The molecule has 1 aromatic rings. The minimum absolute atomic E-state index is 0.0889. The molecular formula is C13H22N4O3S. The first-order chi connectivity index (χ1) is 9.78. The number of hydrogen-bond acceptors (Lipinski definition) is 4. The standard InChI is InChI=1S/C13H22N4O3S/c1-9-4-3-5-10(7-14)17(9)21(19,20)11-6-12(13(15)18)16(2)8-11/h6,8-10H,3-5,7,14H2,1-2H3,(H2,15,18). The van der Waals surface area contributed by atoms with Crippen molar-refractivity contribution in [3.05, 3.63) is 18.0 Å². The Labute approximate surface area is 124 Å². The molecule has 2 heterocycles. The van der Waals surface area contributed by atoms with Crippen LogP contribution in [0.25, 0.3) is 0 Å². The topological polar surface area (TPSA) is 111 Å². The quantitative estimate of drug-likeness (QED) is 0.815. The number of carbonyl (C=O) groups is 1. The van der Waals surface area contributed by atoms with Crippen molar-refractivity contribution in [2.75, 3.05) is 6.54 Å². The van der Waals surface area contributed by atoms with Crippen LogP contribution in [-0.2, 0) is 17.1 Å². The molecule has 1 aromatic heterocycles. The van der Waals surface area contributed by atoms with Gasteiger partial charge < -0.3 is 16.0 Å². The molecule has 4 N–H and O–H groups in total. The van der Waals surface area contributed by atoms with E-state index in [1.165, 1.54) is 21.1 Å². The molecule has 0 spiro atoms. The fourth-order valence-electron chi connectivity index (χ4n) is 2.96. The third-order valence-corrected chi connectivity index (χ3v) is 6.07. The van der Waals surface area contributed by atoms with Crippen LogP contribution in [0.5, 0.6) is 0 Å². The number of carbonyl (C=O) groups excluding carboxylic acids is 1. The van der Waals surface area contributed by atoms with Crippen LogP contribution in [0.4, 0.5) is 0 Å². The van der Waals surface area contributed by atoms with Crippen molar-refractivity contribution < 1.29 is 13.2 Å². The fraction of sp³-hybridized carbons (Fsp3) is 0.615. The minimum atomic E-state index is -3.68. The second-order valence-electron chi connectivity index (χ2n) is 5.54. The van der Waals surface area contributed by atoms with Crippen LogP contribution >= 0.6 is 0 Å². The van der Waals surface area contributed by atoms with E-state index in [-0.39, 0.29) is 22.7 Å². The Hall–Kier alpha value is -1.38. The monoisotopic (exact) mass is 314 g/mol. The average Bonchev–Trinajstić information content (AvgIpc) is 2.81. The van der Waals surface area contributed by atoms with Gasteiger partial charge in [-0.1, -0.05) is 6.42 Å². The number of sulfonamides is 1. The maximum Gasteiger partial charge on any atom is 0.265 e. The zero-order valence-electron chi connectivity index (χ0n) is 12.3. The summed E-state index contributed by atoms with van der Waals surface area (Å²) in [5.74, 6) is -0.652. The molecule has 0 aromatic carbocycles. The van der Waals surface area contributed by atoms with E-state index in [2.05, 4.69) is 0 Å². The first-order valence-electron chi connectivity index (χ1n) is 6.98. The van der Waals surface area contributed by atoms with Gasteiger partial charge in [0.2, 0.25) is 10.0 Å². The van der Waals surface area contributed by atoms with Gasteiger partial charge in [-0.25, -0.2) is 8.42 Å². The molecule has 0 radical (unpaired) electrons. The van der Waals surface area contributed by atoms with Gasteiger partial charge in [-0.15, -0.1) is 0 Å². The van der Waals surface area contributed by atoms with Gasteiger partial charge >= 0.3 is 0 Å². The molecular weight excluding hydrogens is 292 g/mol. The highest BCUT2D eigenvalue weighted by atomic mass is 32.2. The van der Waals surface area contributed by atoms with Crippen molar-refractivity contribution in [1.29, 1.82) is 0 Å². The molecule has 0 aliphatic carbocycles. The summed E-state index contributed by atoms with van der Waals surface area (Å²) < 4.78 is 28.6. The lowest BCUT2D eigenvalue weighted by Gasteiger charge is -2.38. The van der Waals surface area contributed by atoms with E-state index in [1.54, 1.807) is 7.05 Å². The number of nitrogens with two attached hydrogens (primary N) is 2. The van der Waals surface area contributed by atoms with E-state index in [1.807, 2.05) is 6.92 Å². The van der Waals surface area contributed by atoms with Crippen LogP contribution < -0.4 is 11.5 Å². The minimum Gasteiger partial charge on any atom is -0.364 e. The van der Waals surface area contributed by atoms with E-state index < -0.39 is 15.9 Å². The number of rotatable bonds is 4. The number of aryl methyl sites for hydroxylation is 1. The van der Waals surface area contributed by atoms with Crippen LogP contribution in [0, 0.1) is 0 Å². The fourth-order valence-corrected chi connectivity index (χ4v) is 4.92. The van der Waals surface area contributed by atoms with Gasteiger partial charge in [0, 0.05) is 31.9 Å². The Morgan fingerprint density at radius 2 is 2.10 bits per heavy atom. The first-order valence-corrected chi connectivity index (χ1v) is 8.42. The van der Waals surface area contributed by atoms with Crippen molar-refractivity contribution in [2.24, 2.45) is 18.5 Å². The molecule has 118 valence electrons. The summed E-state index contributed by atoms with van der Waals surface area (Å²) in [6, 6.07) is 1.03. The summed E-state index contributed by atoms with van der Waals surface area (Å²) >= 11 is 0. The van der Waals surface area contributed by atoms with E-state index in [9.17, 15) is 13.2 Å². The van der Waals surface area contributed by atoms with Crippen LogP contribution in [0.3, 0.4) is 0 Å². The third kappa shape index (κ3) is 2.83. The number of amides is 1. The Bertz CT molecular complexity index is 638. The predicted molar refractivity (Wildman–Crippen MR) is 79.1 cm³/mol. The highest BCUT2D eigenvalue weighted by molar-refractivity contribution is 7.89. The summed E-state index contributed by atoms with van der Waals surface area (Å²) in [6.45, 7) is 2.18. The van der Waals surface area contributed by atoms with Gasteiger partial charge in [0.15, 0.2) is 0 Å². The average molecular weight is 314 g/mol. The molecule has 2 atom stereocenters. The number of nitrogens with zero attached hydrogens (tertiary/aromatic N) is 2. The summed E-state index contributed by atoms with van der Waals surface area (Å²) in [6.07, 6.45) is 3.96. The van der Waals surface area contributed by atoms with Gasteiger partial charge in [-0.05, 0) is 25.8 Å². The lowest BCUT2D eigenvalue weighted by Crippen LogP contribution is -2.51. The Balaban J connectivity index is 2.45. The molecule has 1 saturated heterocycles. The third-order valence-electron chi connectivity index (χ3n) is 4.03. The number of hydrogen-bond donors (Lipinski definition) is 2. The van der Waals surface area contributed by atoms with Gasteiger partial charge in [-0.2, -0.15) is 4.31 Å². The molecule has 1 fully saturated rings. The van der Waals surface area contributed by atoms with Crippen molar-refractivity contribution in [3.8, 4) is 0 Å². The van der Waals surface area contributed by atoms with E-state index >= 15 is 0 Å². The molecule has 2 unspecified atom stereocenters. The van der Waals surface area contributed by atoms with Gasteiger partial charge in [0.1, 0.15) is 10.6 Å². The predicted octanol–water partition coefficient (Wildman–Crippen LogP) is 0.0144. The van der Waals surface area contributed by atoms with E-state index in [0.717, 1.165) is 19.3 Å². The maximum atomic E-state index is 12.9. The lowest BCUT2D eigenvalue weighted by molar-refractivity contribution is 0.0992. The van der Waals surface area contributed by atoms with Crippen LogP contribution in [0.1, 0.15) is 36.7 Å². The Morgan fingerprint density at radius 1 is 1.43 bits per heavy atom. The van der Waals surface area contributed by atoms with E-state index in [4.69, 9.17) is 11.5 Å². The van der Waals surface area contributed by atoms with Crippen LogP contribution in [0.2, 0.25) is 0 Å². The molecule has 0 saturated carbocycles. The number of piperidine rings is 1. The zero-order valence-corrected chi connectivity index (χ0v) is 13.1. The number of primary amides is 1. The maximum absolute atomic E-state index is 12.9. The van der Waals surface area contributed by atoms with Crippen LogP contribution in [-0.4, -0.2) is 41.8 Å². The SMILES string of the molecule is CC1CCCC(CN)N1S(=O)(=O)c1cc(C(N)=O)n(C)c1. The summed E-state index contributed by atoms with van der Waals surface area (Å²) in [7, 11) is -2.09. The highest BCUT2D eigenvalue weighted by Gasteiger charge is 2.38. The molecule has 1 aliphatic heterocycles. The van der Waals surface area contributed by atoms with Crippen molar-refractivity contribution in [2.45, 2.75) is 43.2 Å². The molecule has 21 heavy (non-hydrogen) atoms. The summed E-state index contributed by atoms with van der Waals surface area (Å²) in [4.78, 5) is 11.4. The molecule has 0 bridgehead atoms. The summed E-state index contributed by atoms with van der Waals surface area (Å²) in [5.41, 5.74) is 11.1.